The zero-order valence-electron chi connectivity index (χ0n) is 11.5. The molecule has 104 valence electrons. The molecule has 0 aromatic carbocycles. The number of pyridine rings is 2. The van der Waals surface area contributed by atoms with E-state index in [1.54, 1.807) is 29.6 Å². The first kappa shape index (κ1) is 14.7. The second kappa shape index (κ2) is 6.61. The van der Waals surface area contributed by atoms with Crippen molar-refractivity contribution in [2.45, 2.75) is 26.4 Å². The minimum atomic E-state index is -0.0867. The molecule has 0 spiro atoms. The second-order valence-electron chi connectivity index (χ2n) is 4.72. The molecule has 2 heterocycles. The molecule has 1 amide bonds. The van der Waals surface area contributed by atoms with Gasteiger partial charge in [-0.05, 0) is 53.5 Å². The van der Waals surface area contributed by atoms with Gasteiger partial charge in [0.15, 0.2) is 0 Å². The van der Waals surface area contributed by atoms with Gasteiger partial charge in [-0.2, -0.15) is 0 Å². The Hall–Kier alpha value is -1.75. The topological polar surface area (TPSA) is 46.1 Å². The van der Waals surface area contributed by atoms with Crippen LogP contribution in [0.2, 0.25) is 0 Å². The van der Waals surface area contributed by atoms with Gasteiger partial charge in [-0.25, -0.2) is 4.98 Å². The maximum Gasteiger partial charge on any atom is 0.274 e. The smallest absolute Gasteiger partial charge is 0.274 e. The average Bonchev–Trinajstić information content (AvgIpc) is 2.45. The fraction of sp³-hybridized carbons (Fsp3) is 0.267. The van der Waals surface area contributed by atoms with Crippen LogP contribution >= 0.6 is 15.9 Å². The fourth-order valence-electron chi connectivity index (χ4n) is 1.86. The third-order valence-corrected chi connectivity index (χ3v) is 3.56. The van der Waals surface area contributed by atoms with Gasteiger partial charge in [-0.3, -0.25) is 9.78 Å². The Morgan fingerprint density at radius 1 is 1.30 bits per heavy atom. The highest BCUT2D eigenvalue weighted by atomic mass is 79.9. The highest BCUT2D eigenvalue weighted by Gasteiger charge is 2.22. The van der Waals surface area contributed by atoms with Crippen LogP contribution in [0.3, 0.4) is 0 Å². The monoisotopic (exact) mass is 333 g/mol. The van der Waals surface area contributed by atoms with E-state index in [0.29, 0.717) is 16.7 Å². The molecule has 0 aliphatic rings. The first-order valence-electron chi connectivity index (χ1n) is 6.40. The van der Waals surface area contributed by atoms with E-state index in [2.05, 4.69) is 25.9 Å². The van der Waals surface area contributed by atoms with Crippen LogP contribution in [-0.2, 0) is 6.54 Å². The van der Waals surface area contributed by atoms with Gasteiger partial charge < -0.3 is 4.90 Å². The van der Waals surface area contributed by atoms with Crippen LogP contribution in [0.5, 0.6) is 0 Å². The Morgan fingerprint density at radius 3 is 2.65 bits per heavy atom. The van der Waals surface area contributed by atoms with Crippen LogP contribution in [0.25, 0.3) is 0 Å². The van der Waals surface area contributed by atoms with Gasteiger partial charge in [0.2, 0.25) is 0 Å². The molecule has 0 saturated heterocycles. The maximum atomic E-state index is 12.6. The third-order valence-electron chi connectivity index (χ3n) is 2.92. The van der Waals surface area contributed by atoms with Gasteiger partial charge in [0.25, 0.3) is 5.91 Å². The number of hydrogen-bond donors (Lipinski definition) is 0. The van der Waals surface area contributed by atoms with Gasteiger partial charge in [0, 0.05) is 35.6 Å². The normalized spacial score (nSPS) is 10.6. The zero-order valence-corrected chi connectivity index (χ0v) is 13.0. The largest absolute Gasteiger partial charge is 0.330 e. The maximum absolute atomic E-state index is 12.6. The van der Waals surface area contributed by atoms with E-state index in [1.807, 2.05) is 32.0 Å². The number of amides is 1. The van der Waals surface area contributed by atoms with Crippen molar-refractivity contribution in [3.63, 3.8) is 0 Å². The van der Waals surface area contributed by atoms with E-state index in [9.17, 15) is 4.79 Å². The molecule has 0 bridgehead atoms. The van der Waals surface area contributed by atoms with Gasteiger partial charge in [-0.1, -0.05) is 6.07 Å². The highest BCUT2D eigenvalue weighted by molar-refractivity contribution is 9.10. The van der Waals surface area contributed by atoms with Crippen molar-refractivity contribution in [3.8, 4) is 0 Å². The van der Waals surface area contributed by atoms with Crippen LogP contribution in [0, 0.1) is 0 Å². The molecule has 5 heteroatoms. The molecule has 2 rings (SSSR count). The van der Waals surface area contributed by atoms with Crippen molar-refractivity contribution in [1.29, 1.82) is 0 Å². The van der Waals surface area contributed by atoms with E-state index < -0.39 is 0 Å². The summed E-state index contributed by atoms with van der Waals surface area (Å²) in [5.74, 6) is -0.0867. The standard InChI is InChI=1S/C15H16BrN3O/c1-11(2)19(10-12-5-3-7-17-9-12)15(20)14-13(16)6-4-8-18-14/h3-9,11H,10H2,1-2H3. The molecular weight excluding hydrogens is 318 g/mol. The fourth-order valence-corrected chi connectivity index (χ4v) is 2.28. The summed E-state index contributed by atoms with van der Waals surface area (Å²) >= 11 is 3.38. The summed E-state index contributed by atoms with van der Waals surface area (Å²) in [5.41, 5.74) is 1.44. The molecule has 0 N–H and O–H groups in total. The summed E-state index contributed by atoms with van der Waals surface area (Å²) in [6.45, 7) is 4.50. The first-order chi connectivity index (χ1) is 9.59. The Morgan fingerprint density at radius 2 is 2.05 bits per heavy atom. The molecule has 2 aromatic rings. The van der Waals surface area contributed by atoms with Gasteiger partial charge in [0.1, 0.15) is 5.69 Å². The molecule has 0 aliphatic heterocycles. The van der Waals surface area contributed by atoms with Gasteiger partial charge in [-0.15, -0.1) is 0 Å². The predicted molar refractivity (Wildman–Crippen MR) is 81.2 cm³/mol. The highest BCUT2D eigenvalue weighted by Crippen LogP contribution is 2.18. The van der Waals surface area contributed by atoms with E-state index in [0.717, 1.165) is 5.56 Å². The van der Waals surface area contributed by atoms with E-state index in [1.165, 1.54) is 0 Å². The lowest BCUT2D eigenvalue weighted by Crippen LogP contribution is -2.37. The Labute approximate surface area is 127 Å². The average molecular weight is 334 g/mol. The summed E-state index contributed by atoms with van der Waals surface area (Å²) in [6.07, 6.45) is 5.12. The van der Waals surface area contributed by atoms with E-state index >= 15 is 0 Å². The number of hydrogen-bond acceptors (Lipinski definition) is 3. The lowest BCUT2D eigenvalue weighted by atomic mass is 10.2. The van der Waals surface area contributed by atoms with Crippen LogP contribution in [0.1, 0.15) is 29.9 Å². The Balaban J connectivity index is 2.25. The quantitative estimate of drug-likeness (QED) is 0.862. The van der Waals surface area contributed by atoms with Crippen molar-refractivity contribution >= 4 is 21.8 Å². The van der Waals surface area contributed by atoms with Crippen molar-refractivity contribution < 1.29 is 4.79 Å². The second-order valence-corrected chi connectivity index (χ2v) is 5.58. The SMILES string of the molecule is CC(C)N(Cc1cccnc1)C(=O)c1ncccc1Br. The molecule has 2 aromatic heterocycles. The number of carbonyl (C=O) groups is 1. The van der Waals surface area contributed by atoms with E-state index in [-0.39, 0.29) is 11.9 Å². The first-order valence-corrected chi connectivity index (χ1v) is 7.19. The predicted octanol–water partition coefficient (Wildman–Crippen LogP) is 3.29. The lowest BCUT2D eigenvalue weighted by Gasteiger charge is -2.26. The lowest BCUT2D eigenvalue weighted by molar-refractivity contribution is 0.0683. The van der Waals surface area contributed by atoms with Crippen LogP contribution < -0.4 is 0 Å². The molecule has 4 nitrogen and oxygen atoms in total. The van der Waals surface area contributed by atoms with Crippen molar-refractivity contribution in [3.05, 3.63) is 58.6 Å². The van der Waals surface area contributed by atoms with Crippen LogP contribution in [0.15, 0.2) is 47.3 Å². The summed E-state index contributed by atoms with van der Waals surface area (Å²) < 4.78 is 0.710. The summed E-state index contributed by atoms with van der Waals surface area (Å²) in [4.78, 5) is 22.7. The molecule has 0 fully saturated rings. The molecule has 0 atom stereocenters. The third kappa shape index (κ3) is 3.42. The molecule has 20 heavy (non-hydrogen) atoms. The summed E-state index contributed by atoms with van der Waals surface area (Å²) in [5, 5.41) is 0. The van der Waals surface area contributed by atoms with Crippen LogP contribution in [0.4, 0.5) is 0 Å². The molecule has 0 radical (unpaired) electrons. The minimum Gasteiger partial charge on any atom is -0.330 e. The van der Waals surface area contributed by atoms with Crippen molar-refractivity contribution in [2.75, 3.05) is 0 Å². The number of halogens is 1. The molecule has 0 saturated carbocycles. The van der Waals surface area contributed by atoms with Gasteiger partial charge >= 0.3 is 0 Å². The van der Waals surface area contributed by atoms with Gasteiger partial charge in [0.05, 0.1) is 0 Å². The number of aromatic nitrogens is 2. The summed E-state index contributed by atoms with van der Waals surface area (Å²) in [7, 11) is 0. The van der Waals surface area contributed by atoms with Crippen molar-refractivity contribution in [1.82, 2.24) is 14.9 Å². The molecule has 0 unspecified atom stereocenters. The Kier molecular flexibility index (Phi) is 4.84. The zero-order chi connectivity index (χ0) is 14.5. The Bertz CT molecular complexity index is 587. The minimum absolute atomic E-state index is 0.0802. The number of carbonyl (C=O) groups excluding carboxylic acids is 1. The number of rotatable bonds is 4. The van der Waals surface area contributed by atoms with Crippen LogP contribution in [-0.4, -0.2) is 26.8 Å². The number of nitrogens with zero attached hydrogens (tertiary/aromatic N) is 3. The molecule has 0 aliphatic carbocycles. The van der Waals surface area contributed by atoms with E-state index in [4.69, 9.17) is 0 Å². The summed E-state index contributed by atoms with van der Waals surface area (Å²) in [6, 6.07) is 7.53. The van der Waals surface area contributed by atoms with Crippen molar-refractivity contribution in [2.24, 2.45) is 0 Å². The molecular formula is C15H16BrN3O.